The smallest absolute Gasteiger partial charge is 0.0589 e. The lowest BCUT2D eigenvalue weighted by atomic mass is 9.89. The molecule has 1 N–H and O–H groups in total. The fraction of sp³-hybridized carbons (Fsp3) is 0.417. The maximum absolute atomic E-state index is 5.83. The molecule has 0 aromatic carbocycles. The molecule has 15 heavy (non-hydrogen) atoms. The molecule has 1 aromatic rings. The van der Waals surface area contributed by atoms with E-state index in [2.05, 4.69) is 28.5 Å². The minimum Gasteiger partial charge on any atom is -0.304 e. The summed E-state index contributed by atoms with van der Waals surface area (Å²) < 4.78 is 0. The van der Waals surface area contributed by atoms with Crippen molar-refractivity contribution >= 4 is 11.6 Å². The third kappa shape index (κ3) is 1.80. The molecule has 3 heterocycles. The number of pyridine rings is 1. The van der Waals surface area contributed by atoms with E-state index in [0.717, 1.165) is 12.8 Å². The molecule has 0 aliphatic carbocycles. The number of nitrogens with one attached hydrogen (secondary N) is 1. The number of piperidine rings is 1. The predicted octanol–water partition coefficient (Wildman–Crippen LogP) is 2.51. The second-order valence-electron chi connectivity index (χ2n) is 4.33. The molecule has 2 bridgehead atoms. The van der Waals surface area contributed by atoms with Crippen LogP contribution in [0.4, 0.5) is 0 Å². The number of halogens is 1. The molecule has 3 heteroatoms. The largest absolute Gasteiger partial charge is 0.304 e. The SMILES string of the molecule is Clc1ccc(C2CC3C=CC(C2)N3)nc1. The van der Waals surface area contributed by atoms with Gasteiger partial charge in [0.15, 0.2) is 0 Å². The Morgan fingerprint density at radius 3 is 2.53 bits per heavy atom. The highest BCUT2D eigenvalue weighted by Gasteiger charge is 2.30. The summed E-state index contributed by atoms with van der Waals surface area (Å²) in [6, 6.07) is 5.08. The summed E-state index contributed by atoms with van der Waals surface area (Å²) in [5.74, 6) is 0.577. The molecule has 3 rings (SSSR count). The van der Waals surface area contributed by atoms with Crippen molar-refractivity contribution in [3.8, 4) is 0 Å². The van der Waals surface area contributed by atoms with Gasteiger partial charge in [-0.25, -0.2) is 0 Å². The molecule has 2 aliphatic rings. The lowest BCUT2D eigenvalue weighted by molar-refractivity contribution is 0.376. The number of nitrogens with zero attached hydrogens (tertiary/aromatic N) is 1. The van der Waals surface area contributed by atoms with Crippen LogP contribution in [-0.4, -0.2) is 17.1 Å². The fourth-order valence-corrected chi connectivity index (χ4v) is 2.64. The van der Waals surface area contributed by atoms with Crippen LogP contribution in [-0.2, 0) is 0 Å². The zero-order valence-corrected chi connectivity index (χ0v) is 9.11. The Balaban J connectivity index is 1.81. The van der Waals surface area contributed by atoms with E-state index in [0.29, 0.717) is 23.0 Å². The van der Waals surface area contributed by atoms with Crippen molar-refractivity contribution in [3.05, 3.63) is 41.2 Å². The molecule has 0 amide bonds. The monoisotopic (exact) mass is 220 g/mol. The van der Waals surface area contributed by atoms with Crippen LogP contribution in [0.1, 0.15) is 24.5 Å². The molecule has 1 aromatic heterocycles. The van der Waals surface area contributed by atoms with E-state index >= 15 is 0 Å². The molecule has 0 radical (unpaired) electrons. The van der Waals surface area contributed by atoms with Gasteiger partial charge >= 0.3 is 0 Å². The maximum Gasteiger partial charge on any atom is 0.0589 e. The molecular formula is C12H13ClN2. The third-order valence-electron chi connectivity index (χ3n) is 3.25. The molecule has 1 fully saturated rings. The van der Waals surface area contributed by atoms with E-state index in [9.17, 15) is 0 Å². The maximum atomic E-state index is 5.83. The Morgan fingerprint density at radius 2 is 1.93 bits per heavy atom. The average molecular weight is 221 g/mol. The van der Waals surface area contributed by atoms with Crippen LogP contribution >= 0.6 is 11.6 Å². The first-order valence-electron chi connectivity index (χ1n) is 5.37. The highest BCUT2D eigenvalue weighted by Crippen LogP contribution is 2.33. The van der Waals surface area contributed by atoms with Crippen LogP contribution < -0.4 is 5.32 Å². The van der Waals surface area contributed by atoms with Gasteiger partial charge in [-0.3, -0.25) is 4.98 Å². The lowest BCUT2D eigenvalue weighted by Gasteiger charge is -2.28. The summed E-state index contributed by atoms with van der Waals surface area (Å²) in [5, 5.41) is 4.25. The minimum absolute atomic E-state index is 0.547. The van der Waals surface area contributed by atoms with E-state index < -0.39 is 0 Å². The van der Waals surface area contributed by atoms with Crippen molar-refractivity contribution < 1.29 is 0 Å². The summed E-state index contributed by atoms with van der Waals surface area (Å²) in [4.78, 5) is 4.41. The van der Waals surface area contributed by atoms with Gasteiger partial charge in [-0.15, -0.1) is 0 Å². The van der Waals surface area contributed by atoms with Crippen LogP contribution in [0, 0.1) is 0 Å². The molecular weight excluding hydrogens is 208 g/mol. The quantitative estimate of drug-likeness (QED) is 0.736. The van der Waals surface area contributed by atoms with Gasteiger partial charge < -0.3 is 5.32 Å². The number of hydrogen-bond donors (Lipinski definition) is 1. The van der Waals surface area contributed by atoms with E-state index in [1.807, 2.05) is 6.07 Å². The average Bonchev–Trinajstić information content (AvgIpc) is 2.59. The Morgan fingerprint density at radius 1 is 1.20 bits per heavy atom. The predicted molar refractivity (Wildman–Crippen MR) is 61.1 cm³/mol. The highest BCUT2D eigenvalue weighted by molar-refractivity contribution is 6.30. The summed E-state index contributed by atoms with van der Waals surface area (Å²) in [6.07, 6.45) is 8.61. The number of hydrogen-bond acceptors (Lipinski definition) is 2. The fourth-order valence-electron chi connectivity index (χ4n) is 2.53. The van der Waals surface area contributed by atoms with Crippen LogP contribution in [0.2, 0.25) is 5.02 Å². The van der Waals surface area contributed by atoms with E-state index in [1.165, 1.54) is 5.69 Å². The molecule has 0 spiro atoms. The summed E-state index contributed by atoms with van der Waals surface area (Å²) in [5.41, 5.74) is 1.18. The molecule has 1 saturated heterocycles. The van der Waals surface area contributed by atoms with Crippen LogP contribution in [0.15, 0.2) is 30.5 Å². The summed E-state index contributed by atoms with van der Waals surface area (Å²) in [6.45, 7) is 0. The minimum atomic E-state index is 0.547. The van der Waals surface area contributed by atoms with Gasteiger partial charge in [0.1, 0.15) is 0 Å². The summed E-state index contributed by atoms with van der Waals surface area (Å²) >= 11 is 5.83. The zero-order chi connectivity index (χ0) is 10.3. The van der Waals surface area contributed by atoms with Crippen molar-refractivity contribution in [1.82, 2.24) is 10.3 Å². The van der Waals surface area contributed by atoms with Gasteiger partial charge in [0.2, 0.25) is 0 Å². The standard InChI is InChI=1S/C12H13ClN2/c13-9-1-4-12(14-7-9)8-5-10-2-3-11(6-8)15-10/h1-4,7-8,10-11,15H,5-6H2. The van der Waals surface area contributed by atoms with E-state index in [-0.39, 0.29) is 0 Å². The first-order valence-corrected chi connectivity index (χ1v) is 5.75. The first kappa shape index (κ1) is 9.37. The van der Waals surface area contributed by atoms with E-state index in [1.54, 1.807) is 6.20 Å². The third-order valence-corrected chi connectivity index (χ3v) is 3.47. The number of aromatic nitrogens is 1. The second-order valence-corrected chi connectivity index (χ2v) is 4.77. The number of fused-ring (bicyclic) bond motifs is 2. The van der Waals surface area contributed by atoms with Gasteiger partial charge in [0.25, 0.3) is 0 Å². The molecule has 2 atom stereocenters. The van der Waals surface area contributed by atoms with Crippen molar-refractivity contribution in [1.29, 1.82) is 0 Å². The Labute approximate surface area is 94.4 Å². The molecule has 2 aliphatic heterocycles. The zero-order valence-electron chi connectivity index (χ0n) is 8.36. The molecule has 78 valence electrons. The Kier molecular flexibility index (Phi) is 2.26. The van der Waals surface area contributed by atoms with Gasteiger partial charge in [-0.05, 0) is 25.0 Å². The Bertz CT molecular complexity index is 371. The second kappa shape index (κ2) is 3.62. The van der Waals surface area contributed by atoms with Gasteiger partial charge in [-0.2, -0.15) is 0 Å². The van der Waals surface area contributed by atoms with E-state index in [4.69, 9.17) is 11.6 Å². The Hall–Kier alpha value is -0.860. The highest BCUT2D eigenvalue weighted by atomic mass is 35.5. The van der Waals surface area contributed by atoms with Gasteiger partial charge in [0.05, 0.1) is 5.02 Å². The van der Waals surface area contributed by atoms with Crippen LogP contribution in [0.5, 0.6) is 0 Å². The van der Waals surface area contributed by atoms with Crippen LogP contribution in [0.25, 0.3) is 0 Å². The van der Waals surface area contributed by atoms with Gasteiger partial charge in [-0.1, -0.05) is 23.8 Å². The lowest BCUT2D eigenvalue weighted by Crippen LogP contribution is -2.38. The van der Waals surface area contributed by atoms with Crippen molar-refractivity contribution in [2.24, 2.45) is 0 Å². The van der Waals surface area contributed by atoms with Crippen LogP contribution in [0.3, 0.4) is 0 Å². The van der Waals surface area contributed by atoms with Crippen molar-refractivity contribution in [3.63, 3.8) is 0 Å². The van der Waals surface area contributed by atoms with Crippen molar-refractivity contribution in [2.45, 2.75) is 30.8 Å². The molecule has 0 saturated carbocycles. The van der Waals surface area contributed by atoms with Gasteiger partial charge in [0, 0.05) is 29.9 Å². The molecule has 2 nitrogen and oxygen atoms in total. The first-order chi connectivity index (χ1) is 7.31. The molecule has 2 unspecified atom stereocenters. The normalized spacial score (nSPS) is 33.3. The van der Waals surface area contributed by atoms with Crippen molar-refractivity contribution in [2.75, 3.05) is 0 Å². The topological polar surface area (TPSA) is 24.9 Å². The number of rotatable bonds is 1. The summed E-state index contributed by atoms with van der Waals surface area (Å²) in [7, 11) is 0.